The maximum Gasteiger partial charge on any atom is 0.331 e. The highest BCUT2D eigenvalue weighted by atomic mass is 32.1. The fourth-order valence-electron chi connectivity index (χ4n) is 2.00. The van der Waals surface area contributed by atoms with Crippen LogP contribution in [0.4, 0.5) is 5.69 Å². The van der Waals surface area contributed by atoms with E-state index in [1.165, 1.54) is 24.3 Å². The summed E-state index contributed by atoms with van der Waals surface area (Å²) in [6, 6.07) is 14.6. The molecule has 120 valence electrons. The average molecular weight is 332 g/mol. The summed E-state index contributed by atoms with van der Waals surface area (Å²) in [5, 5.41) is 10.6. The van der Waals surface area contributed by atoms with Gasteiger partial charge < -0.3 is 10.5 Å². The Kier molecular flexibility index (Phi) is 5.36. The zero-order valence-corrected chi connectivity index (χ0v) is 13.1. The largest absolute Gasteiger partial charge is 0.459 e. The zero-order valence-electron chi connectivity index (χ0n) is 12.2. The SMILES string of the molecule is NC(CS)(C(=O)OCc1ccc([N+](=O)[O-])cc1)c1ccccc1. The monoisotopic (exact) mass is 332 g/mol. The first-order chi connectivity index (χ1) is 11.0. The molecule has 0 aliphatic heterocycles. The number of thiol groups is 1. The van der Waals surface area contributed by atoms with Crippen molar-refractivity contribution in [3.05, 3.63) is 75.8 Å². The molecule has 2 aromatic rings. The molecule has 2 N–H and O–H groups in total. The number of carbonyl (C=O) groups is 1. The highest BCUT2D eigenvalue weighted by Gasteiger charge is 2.36. The van der Waals surface area contributed by atoms with Gasteiger partial charge in [0.1, 0.15) is 12.1 Å². The number of nitrogens with two attached hydrogens (primary N) is 1. The number of esters is 1. The molecule has 2 aromatic carbocycles. The highest BCUT2D eigenvalue weighted by Crippen LogP contribution is 2.22. The molecule has 0 aliphatic carbocycles. The Hall–Kier alpha value is -2.38. The first-order valence-corrected chi connectivity index (χ1v) is 7.46. The smallest absolute Gasteiger partial charge is 0.331 e. The molecular weight excluding hydrogens is 316 g/mol. The minimum atomic E-state index is -1.34. The third-order valence-electron chi connectivity index (χ3n) is 3.42. The second-order valence-electron chi connectivity index (χ2n) is 5.00. The molecule has 0 aromatic heterocycles. The van der Waals surface area contributed by atoms with Crippen molar-refractivity contribution in [3.63, 3.8) is 0 Å². The molecule has 6 nitrogen and oxygen atoms in total. The summed E-state index contributed by atoms with van der Waals surface area (Å²) in [6.07, 6.45) is 0. The van der Waals surface area contributed by atoms with Crippen LogP contribution in [-0.2, 0) is 21.7 Å². The number of hydrogen-bond donors (Lipinski definition) is 2. The summed E-state index contributed by atoms with van der Waals surface area (Å²) in [4.78, 5) is 22.5. The molecule has 0 amide bonds. The minimum absolute atomic E-state index is 0.0175. The van der Waals surface area contributed by atoms with Crippen LogP contribution in [0.15, 0.2) is 54.6 Å². The fraction of sp³-hybridized carbons (Fsp3) is 0.188. The van der Waals surface area contributed by atoms with Gasteiger partial charge in [0, 0.05) is 17.9 Å². The molecule has 2 rings (SSSR count). The lowest BCUT2D eigenvalue weighted by Crippen LogP contribution is -2.47. The maximum atomic E-state index is 12.3. The van der Waals surface area contributed by atoms with E-state index in [1.54, 1.807) is 24.3 Å². The van der Waals surface area contributed by atoms with E-state index in [0.717, 1.165) is 0 Å². The number of nitro groups is 1. The molecule has 0 bridgehead atoms. The lowest BCUT2D eigenvalue weighted by Gasteiger charge is -2.25. The van der Waals surface area contributed by atoms with Gasteiger partial charge in [0.05, 0.1) is 4.92 Å². The van der Waals surface area contributed by atoms with Crippen LogP contribution in [0.2, 0.25) is 0 Å². The van der Waals surface area contributed by atoms with Gasteiger partial charge in [-0.15, -0.1) is 0 Å². The lowest BCUT2D eigenvalue weighted by molar-refractivity contribution is -0.384. The van der Waals surface area contributed by atoms with Gasteiger partial charge in [-0.05, 0) is 23.3 Å². The van der Waals surface area contributed by atoms with E-state index in [4.69, 9.17) is 10.5 Å². The maximum absolute atomic E-state index is 12.3. The lowest BCUT2D eigenvalue weighted by atomic mass is 9.93. The van der Waals surface area contributed by atoms with Crippen LogP contribution in [0.25, 0.3) is 0 Å². The van der Waals surface area contributed by atoms with Gasteiger partial charge in [-0.25, -0.2) is 4.79 Å². The molecule has 7 heteroatoms. The second kappa shape index (κ2) is 7.26. The predicted octanol–water partition coefficient (Wildman–Crippen LogP) is 2.42. The molecule has 1 unspecified atom stereocenters. The van der Waals surface area contributed by atoms with E-state index in [0.29, 0.717) is 11.1 Å². The molecule has 0 radical (unpaired) electrons. The predicted molar refractivity (Wildman–Crippen MR) is 89.1 cm³/mol. The molecule has 0 saturated heterocycles. The van der Waals surface area contributed by atoms with E-state index in [-0.39, 0.29) is 18.0 Å². The van der Waals surface area contributed by atoms with E-state index >= 15 is 0 Å². The van der Waals surface area contributed by atoms with Crippen LogP contribution in [-0.4, -0.2) is 16.6 Å². The third-order valence-corrected chi connectivity index (χ3v) is 3.92. The summed E-state index contributed by atoms with van der Waals surface area (Å²) < 4.78 is 5.26. The van der Waals surface area contributed by atoms with E-state index in [1.807, 2.05) is 6.07 Å². The van der Waals surface area contributed by atoms with Gasteiger partial charge >= 0.3 is 5.97 Å². The Morgan fingerprint density at radius 3 is 2.30 bits per heavy atom. The third kappa shape index (κ3) is 3.88. The number of nitro benzene ring substituents is 1. The van der Waals surface area contributed by atoms with Crippen LogP contribution in [0.1, 0.15) is 11.1 Å². The first-order valence-electron chi connectivity index (χ1n) is 6.83. The van der Waals surface area contributed by atoms with Gasteiger partial charge in [-0.3, -0.25) is 10.1 Å². The Morgan fingerprint density at radius 2 is 1.78 bits per heavy atom. The summed E-state index contributed by atoms with van der Waals surface area (Å²) in [7, 11) is 0. The number of non-ortho nitro benzene ring substituents is 1. The Bertz CT molecular complexity index is 691. The fourth-order valence-corrected chi connectivity index (χ4v) is 2.31. The van der Waals surface area contributed by atoms with Crippen molar-refractivity contribution in [2.24, 2.45) is 5.73 Å². The highest BCUT2D eigenvalue weighted by molar-refractivity contribution is 7.80. The first kappa shape index (κ1) is 17.0. The number of nitrogens with zero attached hydrogens (tertiary/aromatic N) is 1. The summed E-state index contributed by atoms with van der Waals surface area (Å²) in [6.45, 7) is -0.0175. The van der Waals surface area contributed by atoms with Gasteiger partial charge in [-0.1, -0.05) is 30.3 Å². The quantitative estimate of drug-likeness (QED) is 0.366. The van der Waals surface area contributed by atoms with Gasteiger partial charge in [0.25, 0.3) is 5.69 Å². The van der Waals surface area contributed by atoms with Crippen LogP contribution < -0.4 is 5.73 Å². The number of benzene rings is 2. The number of carbonyl (C=O) groups excluding carboxylic acids is 1. The summed E-state index contributed by atoms with van der Waals surface area (Å²) >= 11 is 4.17. The Balaban J connectivity index is 2.07. The minimum Gasteiger partial charge on any atom is -0.459 e. The molecule has 0 heterocycles. The van der Waals surface area contributed by atoms with Crippen LogP contribution >= 0.6 is 12.6 Å². The summed E-state index contributed by atoms with van der Waals surface area (Å²) in [5.41, 5.74) is 6.04. The molecule has 0 aliphatic rings. The Labute approximate surface area is 138 Å². The van der Waals surface area contributed by atoms with Crippen molar-refractivity contribution in [3.8, 4) is 0 Å². The Morgan fingerprint density at radius 1 is 1.17 bits per heavy atom. The van der Waals surface area contributed by atoms with E-state index in [2.05, 4.69) is 12.6 Å². The van der Waals surface area contributed by atoms with Crippen molar-refractivity contribution in [2.75, 3.05) is 5.75 Å². The van der Waals surface area contributed by atoms with Crippen molar-refractivity contribution >= 4 is 24.3 Å². The van der Waals surface area contributed by atoms with Gasteiger partial charge in [0.15, 0.2) is 0 Å². The molecule has 0 spiro atoms. The van der Waals surface area contributed by atoms with E-state index < -0.39 is 16.4 Å². The standard InChI is InChI=1S/C16H16N2O4S/c17-16(11-23,13-4-2-1-3-5-13)15(19)22-10-12-6-8-14(9-7-12)18(20)21/h1-9,23H,10-11,17H2. The average Bonchev–Trinajstić information content (AvgIpc) is 2.60. The van der Waals surface area contributed by atoms with Gasteiger partial charge in [0.2, 0.25) is 0 Å². The van der Waals surface area contributed by atoms with E-state index in [9.17, 15) is 14.9 Å². The van der Waals surface area contributed by atoms with Crippen molar-refractivity contribution in [2.45, 2.75) is 12.1 Å². The summed E-state index contributed by atoms with van der Waals surface area (Å²) in [5.74, 6) is -0.507. The van der Waals surface area contributed by atoms with Crippen LogP contribution in [0.3, 0.4) is 0 Å². The zero-order chi connectivity index (χ0) is 16.9. The molecule has 0 fully saturated rings. The van der Waals surface area contributed by atoms with Crippen molar-refractivity contribution in [1.82, 2.24) is 0 Å². The van der Waals surface area contributed by atoms with Crippen molar-refractivity contribution in [1.29, 1.82) is 0 Å². The number of hydrogen-bond acceptors (Lipinski definition) is 6. The van der Waals surface area contributed by atoms with Crippen molar-refractivity contribution < 1.29 is 14.5 Å². The topological polar surface area (TPSA) is 95.5 Å². The number of ether oxygens (including phenoxy) is 1. The van der Waals surface area contributed by atoms with Crippen LogP contribution in [0.5, 0.6) is 0 Å². The molecular formula is C16H16N2O4S. The second-order valence-corrected chi connectivity index (χ2v) is 5.31. The molecule has 1 atom stereocenters. The van der Waals surface area contributed by atoms with Crippen LogP contribution in [0, 0.1) is 10.1 Å². The van der Waals surface area contributed by atoms with Gasteiger partial charge in [-0.2, -0.15) is 12.6 Å². The normalized spacial score (nSPS) is 13.1. The molecule has 0 saturated carbocycles. The number of rotatable bonds is 6. The molecule has 23 heavy (non-hydrogen) atoms.